The molecule has 0 saturated heterocycles. The van der Waals surface area contributed by atoms with Crippen molar-refractivity contribution in [3.63, 3.8) is 0 Å². The van der Waals surface area contributed by atoms with Crippen LogP contribution in [0.1, 0.15) is 43.7 Å². The Morgan fingerprint density at radius 1 is 1.33 bits per heavy atom. The lowest BCUT2D eigenvalue weighted by molar-refractivity contribution is 0.0521. The van der Waals surface area contributed by atoms with Gasteiger partial charge in [-0.1, -0.05) is 39.0 Å². The number of nitrogen functional groups attached to an aromatic ring is 1. The molecule has 0 amide bonds. The average molecular weight is 287 g/mol. The Balaban J connectivity index is 2.52. The van der Waals surface area contributed by atoms with Crippen LogP contribution in [0.25, 0.3) is 5.69 Å². The van der Waals surface area contributed by atoms with Crippen LogP contribution >= 0.6 is 0 Å². The molecule has 1 aromatic carbocycles. The van der Waals surface area contributed by atoms with Gasteiger partial charge in [-0.2, -0.15) is 0 Å². The summed E-state index contributed by atoms with van der Waals surface area (Å²) in [5.41, 5.74) is 8.24. The number of ether oxygens (including phenoxy) is 1. The maximum absolute atomic E-state index is 11.8. The third-order valence-electron chi connectivity index (χ3n) is 3.24. The quantitative estimate of drug-likeness (QED) is 0.881. The minimum absolute atomic E-state index is 0.0443. The molecular weight excluding hydrogens is 266 g/mol. The van der Waals surface area contributed by atoms with Crippen LogP contribution < -0.4 is 5.73 Å². The molecule has 0 saturated carbocycles. The molecule has 1 heterocycles. The topological polar surface area (TPSA) is 70.1 Å². The van der Waals surface area contributed by atoms with Crippen LogP contribution in [-0.2, 0) is 10.2 Å². The van der Waals surface area contributed by atoms with Crippen molar-refractivity contribution in [2.24, 2.45) is 0 Å². The fraction of sp³-hybridized carbons (Fsp3) is 0.375. The number of carbonyl (C=O) groups excluding carboxylic acids is 1. The fourth-order valence-corrected chi connectivity index (χ4v) is 2.22. The molecular formula is C16H21N3O2. The molecule has 0 aliphatic carbocycles. The Bertz CT molecular complexity index is 654. The van der Waals surface area contributed by atoms with Gasteiger partial charge in [0.05, 0.1) is 12.3 Å². The molecule has 0 aliphatic rings. The molecule has 2 N–H and O–H groups in total. The van der Waals surface area contributed by atoms with Gasteiger partial charge in [0.2, 0.25) is 0 Å². The van der Waals surface area contributed by atoms with Crippen LogP contribution in [0.15, 0.2) is 30.6 Å². The summed E-state index contributed by atoms with van der Waals surface area (Å²) < 4.78 is 6.69. The van der Waals surface area contributed by atoms with E-state index < -0.39 is 5.97 Å². The number of hydrogen-bond acceptors (Lipinski definition) is 4. The Hall–Kier alpha value is -2.30. The summed E-state index contributed by atoms with van der Waals surface area (Å²) in [6.45, 7) is 8.44. The number of anilines is 1. The van der Waals surface area contributed by atoms with Gasteiger partial charge in [-0.25, -0.2) is 9.78 Å². The maximum Gasteiger partial charge on any atom is 0.360 e. The summed E-state index contributed by atoms with van der Waals surface area (Å²) in [6.07, 6.45) is 1.56. The minimum atomic E-state index is -0.498. The predicted octanol–water partition coefficient (Wildman–Crippen LogP) is 2.93. The summed E-state index contributed by atoms with van der Waals surface area (Å²) in [6, 6.07) is 7.95. The van der Waals surface area contributed by atoms with Gasteiger partial charge in [0, 0.05) is 0 Å². The summed E-state index contributed by atoms with van der Waals surface area (Å²) in [7, 11) is 0. The highest BCUT2D eigenvalue weighted by atomic mass is 16.5. The third-order valence-corrected chi connectivity index (χ3v) is 3.24. The Morgan fingerprint density at radius 2 is 2.00 bits per heavy atom. The van der Waals surface area contributed by atoms with Crippen molar-refractivity contribution in [2.45, 2.75) is 33.1 Å². The van der Waals surface area contributed by atoms with Crippen LogP contribution in [0.2, 0.25) is 0 Å². The van der Waals surface area contributed by atoms with E-state index in [0.717, 1.165) is 11.3 Å². The van der Waals surface area contributed by atoms with Crippen LogP contribution in [0, 0.1) is 0 Å². The van der Waals surface area contributed by atoms with Crippen molar-refractivity contribution in [3.8, 4) is 5.69 Å². The Labute approximate surface area is 124 Å². The second-order valence-corrected chi connectivity index (χ2v) is 5.84. The molecule has 2 aromatic rings. The molecule has 0 aliphatic heterocycles. The van der Waals surface area contributed by atoms with Gasteiger partial charge in [0.15, 0.2) is 5.69 Å². The molecule has 21 heavy (non-hydrogen) atoms. The minimum Gasteiger partial charge on any atom is -0.461 e. The van der Waals surface area contributed by atoms with Crippen molar-refractivity contribution in [3.05, 3.63) is 41.9 Å². The molecule has 5 heteroatoms. The van der Waals surface area contributed by atoms with Gasteiger partial charge in [-0.05, 0) is 24.0 Å². The molecule has 0 atom stereocenters. The summed E-state index contributed by atoms with van der Waals surface area (Å²) >= 11 is 0. The van der Waals surface area contributed by atoms with Crippen molar-refractivity contribution < 1.29 is 9.53 Å². The fourth-order valence-electron chi connectivity index (χ4n) is 2.22. The van der Waals surface area contributed by atoms with E-state index in [-0.39, 0.29) is 11.1 Å². The first-order chi connectivity index (χ1) is 9.86. The van der Waals surface area contributed by atoms with E-state index in [2.05, 4.69) is 31.8 Å². The number of imidazole rings is 1. The molecule has 112 valence electrons. The van der Waals surface area contributed by atoms with Gasteiger partial charge < -0.3 is 10.5 Å². The molecule has 0 unspecified atom stereocenters. The molecule has 0 bridgehead atoms. The van der Waals surface area contributed by atoms with Gasteiger partial charge in [0.1, 0.15) is 12.1 Å². The van der Waals surface area contributed by atoms with Crippen LogP contribution in [0.3, 0.4) is 0 Å². The van der Waals surface area contributed by atoms with E-state index in [0.29, 0.717) is 12.4 Å². The molecule has 1 aromatic heterocycles. The largest absolute Gasteiger partial charge is 0.461 e. The molecule has 5 nitrogen and oxygen atoms in total. The average Bonchev–Trinajstić information content (AvgIpc) is 2.80. The number of para-hydroxylation sites is 1. The van der Waals surface area contributed by atoms with Gasteiger partial charge in [-0.3, -0.25) is 4.57 Å². The van der Waals surface area contributed by atoms with Gasteiger partial charge in [0.25, 0.3) is 0 Å². The van der Waals surface area contributed by atoms with E-state index in [1.54, 1.807) is 17.8 Å². The van der Waals surface area contributed by atoms with Crippen molar-refractivity contribution in [2.75, 3.05) is 12.3 Å². The molecule has 2 rings (SSSR count). The van der Waals surface area contributed by atoms with Crippen LogP contribution in [0.5, 0.6) is 0 Å². The van der Waals surface area contributed by atoms with Gasteiger partial charge >= 0.3 is 5.97 Å². The molecule has 0 fully saturated rings. The SMILES string of the molecule is CCOC(=O)c1ncn(-c2ccccc2C(C)(C)C)c1N. The summed E-state index contributed by atoms with van der Waals surface area (Å²) in [5.74, 6) is -0.202. The van der Waals surface area contributed by atoms with E-state index >= 15 is 0 Å². The molecule has 0 radical (unpaired) electrons. The van der Waals surface area contributed by atoms with Crippen molar-refractivity contribution in [1.82, 2.24) is 9.55 Å². The number of nitrogens with two attached hydrogens (primary N) is 1. The lowest BCUT2D eigenvalue weighted by atomic mass is 9.86. The Kier molecular flexibility index (Phi) is 4.02. The summed E-state index contributed by atoms with van der Waals surface area (Å²) in [5, 5.41) is 0. The second-order valence-electron chi connectivity index (χ2n) is 5.84. The normalized spacial score (nSPS) is 11.4. The van der Waals surface area contributed by atoms with E-state index in [4.69, 9.17) is 10.5 Å². The number of benzene rings is 1. The lowest BCUT2D eigenvalue weighted by Gasteiger charge is -2.23. The molecule has 0 spiro atoms. The number of rotatable bonds is 3. The number of nitrogens with zero attached hydrogens (tertiary/aromatic N) is 2. The number of carbonyl (C=O) groups is 1. The smallest absolute Gasteiger partial charge is 0.360 e. The van der Waals surface area contributed by atoms with E-state index in [1.165, 1.54) is 0 Å². The first kappa shape index (κ1) is 15.1. The highest BCUT2D eigenvalue weighted by Crippen LogP contribution is 2.30. The summed E-state index contributed by atoms with van der Waals surface area (Å²) in [4.78, 5) is 15.9. The zero-order valence-electron chi connectivity index (χ0n) is 12.9. The first-order valence-corrected chi connectivity index (χ1v) is 6.96. The number of aromatic nitrogens is 2. The first-order valence-electron chi connectivity index (χ1n) is 6.96. The van der Waals surface area contributed by atoms with E-state index in [1.807, 2.05) is 18.2 Å². The second kappa shape index (κ2) is 5.60. The van der Waals surface area contributed by atoms with Crippen LogP contribution in [0.4, 0.5) is 5.82 Å². The van der Waals surface area contributed by atoms with E-state index in [9.17, 15) is 4.79 Å². The Morgan fingerprint density at radius 3 is 2.62 bits per heavy atom. The lowest BCUT2D eigenvalue weighted by Crippen LogP contribution is -2.16. The number of esters is 1. The predicted molar refractivity (Wildman–Crippen MR) is 82.6 cm³/mol. The highest BCUT2D eigenvalue weighted by molar-refractivity contribution is 5.92. The zero-order valence-corrected chi connectivity index (χ0v) is 12.9. The van der Waals surface area contributed by atoms with Crippen LogP contribution in [-0.4, -0.2) is 22.1 Å². The standard InChI is InChI=1S/C16H21N3O2/c1-5-21-15(20)13-14(17)19(10-18-13)12-9-7-6-8-11(12)16(2,3)4/h6-10H,5,17H2,1-4H3. The maximum atomic E-state index is 11.8. The van der Waals surface area contributed by atoms with Crippen molar-refractivity contribution in [1.29, 1.82) is 0 Å². The highest BCUT2D eigenvalue weighted by Gasteiger charge is 2.22. The zero-order chi connectivity index (χ0) is 15.6. The monoisotopic (exact) mass is 287 g/mol. The number of hydrogen-bond donors (Lipinski definition) is 1. The van der Waals surface area contributed by atoms with Crippen molar-refractivity contribution >= 4 is 11.8 Å². The van der Waals surface area contributed by atoms with Gasteiger partial charge in [-0.15, -0.1) is 0 Å². The third kappa shape index (κ3) is 2.91.